The normalized spacial score (nSPS) is 13.0. The maximum Gasteiger partial charge on any atom is 0.128 e. The Balaban J connectivity index is 2.15. The van der Waals surface area contributed by atoms with Crippen molar-refractivity contribution < 1.29 is 0 Å². The molecule has 104 valence electrons. The molecule has 0 saturated heterocycles. The predicted molar refractivity (Wildman–Crippen MR) is 86.9 cm³/mol. The number of halogens is 1. The molecular formula is C16H17ClN2S. The highest BCUT2D eigenvalue weighted by molar-refractivity contribution is 7.11. The molecule has 0 bridgehead atoms. The Kier molecular flexibility index (Phi) is 3.57. The minimum Gasteiger partial charge on any atom is -0.321 e. The number of hydrogen-bond acceptors (Lipinski definition) is 2. The average molecular weight is 305 g/mol. The Hall–Kier alpha value is -1.32. The van der Waals surface area contributed by atoms with E-state index in [-0.39, 0.29) is 5.38 Å². The van der Waals surface area contributed by atoms with Crippen LogP contribution in [-0.2, 0) is 6.54 Å². The van der Waals surface area contributed by atoms with E-state index in [0.29, 0.717) is 0 Å². The standard InChI is InChI=1S/C16H17ClN2S/c1-10-4-7-14-15(8-10)19(16(18-14)12(3)17)9-13-6-5-11(2)20-13/h4-8,12H,9H2,1-3H3. The lowest BCUT2D eigenvalue weighted by atomic mass is 10.2. The summed E-state index contributed by atoms with van der Waals surface area (Å²) >= 11 is 8.14. The zero-order valence-electron chi connectivity index (χ0n) is 11.9. The van der Waals surface area contributed by atoms with Crippen molar-refractivity contribution in [1.82, 2.24) is 9.55 Å². The summed E-state index contributed by atoms with van der Waals surface area (Å²) in [6.07, 6.45) is 0. The second kappa shape index (κ2) is 5.23. The van der Waals surface area contributed by atoms with Crippen LogP contribution in [0.3, 0.4) is 0 Å². The van der Waals surface area contributed by atoms with Gasteiger partial charge in [0.1, 0.15) is 5.82 Å². The van der Waals surface area contributed by atoms with Gasteiger partial charge in [0.25, 0.3) is 0 Å². The van der Waals surface area contributed by atoms with Gasteiger partial charge in [-0.1, -0.05) is 6.07 Å². The number of aryl methyl sites for hydroxylation is 2. The molecule has 0 aliphatic carbocycles. The number of rotatable bonds is 3. The van der Waals surface area contributed by atoms with Crippen molar-refractivity contribution >= 4 is 34.0 Å². The van der Waals surface area contributed by atoms with E-state index in [4.69, 9.17) is 16.6 Å². The first-order valence-electron chi connectivity index (χ1n) is 6.71. The molecule has 0 radical (unpaired) electrons. The minimum atomic E-state index is -0.0937. The molecule has 0 N–H and O–H groups in total. The van der Waals surface area contributed by atoms with Gasteiger partial charge in [-0.2, -0.15) is 0 Å². The van der Waals surface area contributed by atoms with Gasteiger partial charge in [0.15, 0.2) is 0 Å². The molecule has 0 spiro atoms. The van der Waals surface area contributed by atoms with E-state index < -0.39 is 0 Å². The average Bonchev–Trinajstić information content (AvgIpc) is 2.95. The fourth-order valence-electron chi connectivity index (χ4n) is 2.45. The van der Waals surface area contributed by atoms with E-state index in [1.54, 1.807) is 0 Å². The maximum atomic E-state index is 6.31. The lowest BCUT2D eigenvalue weighted by Gasteiger charge is -2.09. The molecular weight excluding hydrogens is 288 g/mol. The van der Waals surface area contributed by atoms with Crippen LogP contribution in [0.1, 0.15) is 33.4 Å². The minimum absolute atomic E-state index is 0.0937. The molecule has 0 amide bonds. The maximum absolute atomic E-state index is 6.31. The zero-order valence-corrected chi connectivity index (χ0v) is 13.4. The van der Waals surface area contributed by atoms with Crippen LogP contribution in [0.15, 0.2) is 30.3 Å². The van der Waals surface area contributed by atoms with Crippen LogP contribution in [0.2, 0.25) is 0 Å². The monoisotopic (exact) mass is 304 g/mol. The van der Waals surface area contributed by atoms with Crippen LogP contribution in [0.25, 0.3) is 11.0 Å². The molecule has 3 aromatic rings. The Morgan fingerprint density at radius 2 is 2.05 bits per heavy atom. The number of fused-ring (bicyclic) bond motifs is 1. The molecule has 0 fully saturated rings. The van der Waals surface area contributed by atoms with Gasteiger partial charge in [0.05, 0.1) is 23.0 Å². The van der Waals surface area contributed by atoms with Crippen LogP contribution in [0, 0.1) is 13.8 Å². The molecule has 0 aliphatic heterocycles. The first-order chi connectivity index (χ1) is 9.54. The summed E-state index contributed by atoms with van der Waals surface area (Å²) < 4.78 is 2.24. The molecule has 2 nitrogen and oxygen atoms in total. The smallest absolute Gasteiger partial charge is 0.128 e. The Morgan fingerprint density at radius 3 is 2.70 bits per heavy atom. The van der Waals surface area contributed by atoms with Crippen molar-refractivity contribution in [1.29, 1.82) is 0 Å². The van der Waals surface area contributed by atoms with Crippen molar-refractivity contribution in [2.24, 2.45) is 0 Å². The molecule has 0 aliphatic rings. The van der Waals surface area contributed by atoms with Crippen LogP contribution in [-0.4, -0.2) is 9.55 Å². The van der Waals surface area contributed by atoms with E-state index in [1.807, 2.05) is 18.3 Å². The molecule has 0 saturated carbocycles. The summed E-state index contributed by atoms with van der Waals surface area (Å²) in [5.41, 5.74) is 3.43. The van der Waals surface area contributed by atoms with Crippen LogP contribution >= 0.6 is 22.9 Å². The van der Waals surface area contributed by atoms with E-state index >= 15 is 0 Å². The van der Waals surface area contributed by atoms with Crippen LogP contribution in [0.5, 0.6) is 0 Å². The van der Waals surface area contributed by atoms with Gasteiger partial charge in [-0.3, -0.25) is 0 Å². The third kappa shape index (κ3) is 2.48. The quantitative estimate of drug-likeness (QED) is 0.618. The van der Waals surface area contributed by atoms with E-state index in [2.05, 4.69) is 48.7 Å². The number of aromatic nitrogens is 2. The first kappa shape index (κ1) is 13.7. The molecule has 1 unspecified atom stereocenters. The van der Waals surface area contributed by atoms with Gasteiger partial charge >= 0.3 is 0 Å². The van der Waals surface area contributed by atoms with Gasteiger partial charge in [-0.05, 0) is 50.6 Å². The number of hydrogen-bond donors (Lipinski definition) is 0. The molecule has 2 aromatic heterocycles. The highest BCUT2D eigenvalue weighted by Crippen LogP contribution is 2.27. The largest absolute Gasteiger partial charge is 0.321 e. The number of nitrogens with zero attached hydrogens (tertiary/aromatic N) is 2. The zero-order chi connectivity index (χ0) is 14.3. The lowest BCUT2D eigenvalue weighted by Crippen LogP contribution is -2.04. The van der Waals surface area contributed by atoms with Crippen LogP contribution < -0.4 is 0 Å². The van der Waals surface area contributed by atoms with Crippen molar-refractivity contribution in [2.75, 3.05) is 0 Å². The summed E-state index contributed by atoms with van der Waals surface area (Å²) in [6.45, 7) is 7.06. The van der Waals surface area contributed by atoms with Gasteiger partial charge < -0.3 is 4.57 Å². The number of thiophene rings is 1. The van der Waals surface area contributed by atoms with Crippen LogP contribution in [0.4, 0.5) is 0 Å². The fraction of sp³-hybridized carbons (Fsp3) is 0.312. The third-order valence-electron chi connectivity index (χ3n) is 3.40. The van der Waals surface area contributed by atoms with Gasteiger partial charge in [0, 0.05) is 9.75 Å². The number of benzene rings is 1. The molecule has 3 rings (SSSR count). The third-order valence-corrected chi connectivity index (χ3v) is 4.58. The SMILES string of the molecule is Cc1ccc2nc(C(C)Cl)n(Cc3ccc(C)s3)c2c1. The van der Waals surface area contributed by atoms with E-state index in [0.717, 1.165) is 17.9 Å². The predicted octanol–water partition coefficient (Wildman–Crippen LogP) is 5.06. The molecule has 1 aromatic carbocycles. The van der Waals surface area contributed by atoms with E-state index in [9.17, 15) is 0 Å². The topological polar surface area (TPSA) is 17.8 Å². The number of imidazole rings is 1. The van der Waals surface area contributed by atoms with Crippen molar-refractivity contribution in [3.05, 3.63) is 51.5 Å². The van der Waals surface area contributed by atoms with E-state index in [1.165, 1.54) is 20.8 Å². The summed E-state index contributed by atoms with van der Waals surface area (Å²) in [5, 5.41) is -0.0937. The summed E-state index contributed by atoms with van der Waals surface area (Å²) in [7, 11) is 0. The Bertz CT molecular complexity index is 755. The molecule has 2 heterocycles. The van der Waals surface area contributed by atoms with Gasteiger partial charge in [-0.25, -0.2) is 4.98 Å². The van der Waals surface area contributed by atoms with Crippen molar-refractivity contribution in [3.63, 3.8) is 0 Å². The Morgan fingerprint density at radius 1 is 1.25 bits per heavy atom. The first-order valence-corrected chi connectivity index (χ1v) is 7.96. The van der Waals surface area contributed by atoms with Crippen molar-refractivity contribution in [3.8, 4) is 0 Å². The second-order valence-corrected chi connectivity index (χ2v) is 7.20. The molecule has 1 atom stereocenters. The lowest BCUT2D eigenvalue weighted by molar-refractivity contribution is 0.750. The number of alkyl halides is 1. The molecule has 4 heteroatoms. The van der Waals surface area contributed by atoms with Crippen molar-refractivity contribution in [2.45, 2.75) is 32.7 Å². The summed E-state index contributed by atoms with van der Waals surface area (Å²) in [6, 6.07) is 10.7. The fourth-order valence-corrected chi connectivity index (χ4v) is 3.49. The highest BCUT2D eigenvalue weighted by atomic mass is 35.5. The van der Waals surface area contributed by atoms with Gasteiger partial charge in [-0.15, -0.1) is 22.9 Å². The summed E-state index contributed by atoms with van der Waals surface area (Å²) in [4.78, 5) is 7.36. The second-order valence-electron chi connectivity index (χ2n) is 5.18. The summed E-state index contributed by atoms with van der Waals surface area (Å²) in [5.74, 6) is 0.943. The van der Waals surface area contributed by atoms with Gasteiger partial charge in [0.2, 0.25) is 0 Å². The highest BCUT2D eigenvalue weighted by Gasteiger charge is 2.15. The Labute approximate surface area is 128 Å². The molecule has 20 heavy (non-hydrogen) atoms.